The van der Waals surface area contributed by atoms with Crippen LogP contribution in [0.2, 0.25) is 0 Å². The van der Waals surface area contributed by atoms with E-state index in [2.05, 4.69) is 40.8 Å². The number of nitrogens with zero attached hydrogens (tertiary/aromatic N) is 8. The number of fused-ring (bicyclic) bond motifs is 1. The molecule has 0 aliphatic heterocycles. The van der Waals surface area contributed by atoms with Gasteiger partial charge in [-0.3, -0.25) is 14.9 Å². The molecule has 3 aromatic heterocycles. The Bertz CT molecular complexity index is 1560. The van der Waals surface area contributed by atoms with Crippen LogP contribution >= 0.6 is 23.1 Å². The Hall–Kier alpha value is -4.70. The Kier molecular flexibility index (Phi) is 6.33. The largest absolute Gasteiger partial charge is 0.378 e. The topological polar surface area (TPSA) is 193 Å². The van der Waals surface area contributed by atoms with Crippen molar-refractivity contribution in [3.05, 3.63) is 75.6 Å². The Morgan fingerprint density at radius 1 is 1.25 bits per heavy atom. The van der Waals surface area contributed by atoms with Crippen LogP contribution in [0.3, 0.4) is 0 Å². The monoisotopic (exact) mass is 522 g/mol. The zero-order chi connectivity index (χ0) is 25.1. The smallest absolute Gasteiger partial charge is 0.293 e. The third-order valence-electron chi connectivity index (χ3n) is 4.76. The molecule has 5 rings (SSSR count). The SMILES string of the molecule is Nc1nonc1-n1nnc(C(=O)NN=Cc2ccc([N+](=O)[O-])cc2)c1CSc1nc2ccccc2s1. The average molecular weight is 523 g/mol. The van der Waals surface area contributed by atoms with Gasteiger partial charge in [-0.25, -0.2) is 15.0 Å². The first kappa shape index (κ1) is 23.1. The van der Waals surface area contributed by atoms with Gasteiger partial charge in [-0.1, -0.05) is 29.1 Å². The van der Waals surface area contributed by atoms with Crippen molar-refractivity contribution in [1.82, 2.24) is 35.7 Å². The molecule has 3 heterocycles. The van der Waals surface area contributed by atoms with Crippen molar-refractivity contribution in [2.45, 2.75) is 10.1 Å². The highest BCUT2D eigenvalue weighted by Crippen LogP contribution is 2.32. The first-order valence-corrected chi connectivity index (χ1v) is 11.9. The number of hydrazone groups is 1. The summed E-state index contributed by atoms with van der Waals surface area (Å²) in [5, 5.41) is 30.0. The lowest BCUT2D eigenvalue weighted by Crippen LogP contribution is -2.20. The lowest BCUT2D eigenvalue weighted by atomic mass is 10.2. The number of amides is 1. The number of nitro benzene ring substituents is 1. The molecule has 14 nitrogen and oxygen atoms in total. The van der Waals surface area contributed by atoms with Crippen molar-refractivity contribution in [1.29, 1.82) is 0 Å². The van der Waals surface area contributed by atoms with Crippen molar-refractivity contribution in [3.8, 4) is 5.82 Å². The fraction of sp³-hybridized carbons (Fsp3) is 0.0500. The highest BCUT2D eigenvalue weighted by molar-refractivity contribution is 8.00. The molecule has 180 valence electrons. The lowest BCUT2D eigenvalue weighted by molar-refractivity contribution is -0.384. The molecule has 1 amide bonds. The molecule has 36 heavy (non-hydrogen) atoms. The van der Waals surface area contributed by atoms with Crippen LogP contribution in [-0.2, 0) is 5.75 Å². The van der Waals surface area contributed by atoms with Gasteiger partial charge in [0.15, 0.2) is 10.0 Å². The highest BCUT2D eigenvalue weighted by Gasteiger charge is 2.24. The van der Waals surface area contributed by atoms with Crippen LogP contribution in [0.1, 0.15) is 21.7 Å². The van der Waals surface area contributed by atoms with Gasteiger partial charge in [0.05, 0.1) is 27.0 Å². The van der Waals surface area contributed by atoms with Crippen LogP contribution in [-0.4, -0.2) is 47.3 Å². The Balaban J connectivity index is 1.37. The number of aromatic nitrogens is 6. The van der Waals surface area contributed by atoms with E-state index >= 15 is 0 Å². The van der Waals surface area contributed by atoms with Gasteiger partial charge < -0.3 is 5.73 Å². The number of thioether (sulfide) groups is 1. The molecule has 0 bridgehead atoms. The van der Waals surface area contributed by atoms with Crippen LogP contribution in [0.5, 0.6) is 0 Å². The van der Waals surface area contributed by atoms with Gasteiger partial charge in [0.25, 0.3) is 11.6 Å². The Morgan fingerprint density at radius 3 is 2.78 bits per heavy atom. The van der Waals surface area contributed by atoms with E-state index in [4.69, 9.17) is 5.73 Å². The summed E-state index contributed by atoms with van der Waals surface area (Å²) in [5.74, 6) is -0.298. The van der Waals surface area contributed by atoms with Gasteiger partial charge in [0.2, 0.25) is 11.6 Å². The molecule has 0 spiro atoms. The molecule has 0 atom stereocenters. The number of nitrogen functional groups attached to an aromatic ring is 1. The van der Waals surface area contributed by atoms with Gasteiger partial charge in [-0.05, 0) is 40.1 Å². The Labute approximate surface area is 209 Å². The van der Waals surface area contributed by atoms with Crippen molar-refractivity contribution in [2.75, 3.05) is 5.73 Å². The van der Waals surface area contributed by atoms with E-state index in [1.165, 1.54) is 58.3 Å². The molecule has 0 radical (unpaired) electrons. The van der Waals surface area contributed by atoms with Gasteiger partial charge >= 0.3 is 0 Å². The maximum absolute atomic E-state index is 12.9. The number of thiazole rings is 1. The number of hydrogen-bond acceptors (Lipinski definition) is 13. The van der Waals surface area contributed by atoms with Crippen molar-refractivity contribution in [3.63, 3.8) is 0 Å². The molecular weight excluding hydrogens is 508 g/mol. The van der Waals surface area contributed by atoms with E-state index in [9.17, 15) is 14.9 Å². The summed E-state index contributed by atoms with van der Waals surface area (Å²) in [4.78, 5) is 27.7. The minimum atomic E-state index is -0.630. The summed E-state index contributed by atoms with van der Waals surface area (Å²) in [5.41, 5.74) is 9.95. The summed E-state index contributed by atoms with van der Waals surface area (Å²) < 4.78 is 7.77. The number of hydrogen-bond donors (Lipinski definition) is 2. The standard InChI is InChI=1S/C20H14N10O4S2/c21-17-18(27-34-26-17)29-14(10-35-20-23-13-3-1-2-4-15(13)36-20)16(24-28-29)19(31)25-22-9-11-5-7-12(8-6-11)30(32)33/h1-9H,10H2,(H2,21,26)(H,25,31). The summed E-state index contributed by atoms with van der Waals surface area (Å²) in [6.07, 6.45) is 1.35. The fourth-order valence-corrected chi connectivity index (χ4v) is 5.12. The molecule has 0 aliphatic rings. The molecule has 0 aliphatic carbocycles. The second kappa shape index (κ2) is 9.88. The molecule has 0 fully saturated rings. The predicted octanol–water partition coefficient (Wildman–Crippen LogP) is 2.81. The van der Waals surface area contributed by atoms with Crippen LogP contribution in [0.25, 0.3) is 16.0 Å². The van der Waals surface area contributed by atoms with E-state index in [-0.39, 0.29) is 28.8 Å². The highest BCUT2D eigenvalue weighted by atomic mass is 32.2. The van der Waals surface area contributed by atoms with Crippen LogP contribution in [0.4, 0.5) is 11.5 Å². The average Bonchev–Trinajstić information content (AvgIpc) is 3.60. The summed E-state index contributed by atoms with van der Waals surface area (Å²) in [6.45, 7) is 0. The molecule has 2 aromatic carbocycles. The number of para-hydroxylation sites is 1. The maximum atomic E-state index is 12.9. The minimum absolute atomic E-state index is 0.00754. The maximum Gasteiger partial charge on any atom is 0.293 e. The number of non-ortho nitro benzene ring substituents is 1. The van der Waals surface area contributed by atoms with E-state index in [0.29, 0.717) is 11.3 Å². The summed E-state index contributed by atoms with van der Waals surface area (Å²) in [6, 6.07) is 13.4. The number of nitrogens with two attached hydrogens (primary N) is 1. The third kappa shape index (κ3) is 4.75. The van der Waals surface area contributed by atoms with Crippen LogP contribution in [0, 0.1) is 10.1 Å². The van der Waals surface area contributed by atoms with E-state index in [1.807, 2.05) is 24.3 Å². The normalized spacial score (nSPS) is 11.3. The molecule has 0 saturated carbocycles. The van der Waals surface area contributed by atoms with E-state index < -0.39 is 10.8 Å². The first-order chi connectivity index (χ1) is 17.5. The van der Waals surface area contributed by atoms with E-state index in [0.717, 1.165) is 14.6 Å². The van der Waals surface area contributed by atoms with Crippen molar-refractivity contribution >= 4 is 56.9 Å². The van der Waals surface area contributed by atoms with Crippen LogP contribution < -0.4 is 11.2 Å². The molecule has 5 aromatic rings. The number of rotatable bonds is 8. The molecule has 3 N–H and O–H groups in total. The second-order valence-corrected chi connectivity index (χ2v) is 9.31. The zero-order valence-electron chi connectivity index (χ0n) is 18.0. The molecule has 16 heteroatoms. The zero-order valence-corrected chi connectivity index (χ0v) is 19.6. The summed E-state index contributed by atoms with van der Waals surface area (Å²) in [7, 11) is 0. The van der Waals surface area contributed by atoms with Crippen LogP contribution in [0.15, 0.2) is 62.6 Å². The molecular formula is C20H14N10O4S2. The van der Waals surface area contributed by atoms with E-state index in [1.54, 1.807) is 0 Å². The predicted molar refractivity (Wildman–Crippen MR) is 131 cm³/mol. The van der Waals surface area contributed by atoms with Gasteiger partial charge in [-0.2, -0.15) is 9.78 Å². The number of carbonyl (C=O) groups excluding carboxylic acids is 1. The van der Waals surface area contributed by atoms with Gasteiger partial charge in [0, 0.05) is 17.9 Å². The number of carbonyl (C=O) groups is 1. The van der Waals surface area contributed by atoms with Gasteiger partial charge in [0.1, 0.15) is 0 Å². The lowest BCUT2D eigenvalue weighted by Gasteiger charge is -2.04. The quantitative estimate of drug-likeness (QED) is 0.132. The number of nitrogens with one attached hydrogen (secondary N) is 1. The Morgan fingerprint density at radius 2 is 2.06 bits per heavy atom. The third-order valence-corrected chi connectivity index (χ3v) is 6.96. The number of anilines is 1. The second-order valence-electron chi connectivity index (χ2n) is 7.05. The molecule has 0 unspecified atom stereocenters. The van der Waals surface area contributed by atoms with Gasteiger partial charge in [-0.15, -0.1) is 16.4 Å². The minimum Gasteiger partial charge on any atom is -0.378 e. The first-order valence-electron chi connectivity index (χ1n) is 10.1. The number of benzene rings is 2. The fourth-order valence-electron chi connectivity index (χ4n) is 3.06. The van der Waals surface area contributed by atoms with Crippen molar-refractivity contribution < 1.29 is 14.3 Å². The number of nitro groups is 1. The van der Waals surface area contributed by atoms with Crippen molar-refractivity contribution in [2.24, 2.45) is 5.10 Å². The summed E-state index contributed by atoms with van der Waals surface area (Å²) >= 11 is 2.91. The molecule has 0 saturated heterocycles.